The van der Waals surface area contributed by atoms with Crippen molar-refractivity contribution in [3.05, 3.63) is 42.0 Å². The molecule has 0 bridgehead atoms. The number of hydrogen-bond acceptors (Lipinski definition) is 1. The standard InChI is InChI=1S/C17H21ClO/c1-13(2)6-5-11-19-17-10-9-14-7-3-4-8-15(14)16(17)12-18/h3-4,7-10,13H,5-6,11-12H2,1-2H3. The summed E-state index contributed by atoms with van der Waals surface area (Å²) < 4.78 is 5.90. The molecule has 2 aromatic rings. The minimum absolute atomic E-state index is 0.487. The lowest BCUT2D eigenvalue weighted by Gasteiger charge is -2.13. The van der Waals surface area contributed by atoms with Crippen molar-refractivity contribution in [3.8, 4) is 5.75 Å². The van der Waals surface area contributed by atoms with E-state index in [0.717, 1.165) is 30.3 Å². The fourth-order valence-electron chi connectivity index (χ4n) is 2.26. The van der Waals surface area contributed by atoms with E-state index >= 15 is 0 Å². The van der Waals surface area contributed by atoms with Gasteiger partial charge in [-0.15, -0.1) is 11.6 Å². The molecule has 0 unspecified atom stereocenters. The number of halogens is 1. The molecule has 0 radical (unpaired) electrons. The maximum absolute atomic E-state index is 6.09. The van der Waals surface area contributed by atoms with E-state index in [2.05, 4.69) is 32.0 Å². The van der Waals surface area contributed by atoms with Crippen LogP contribution in [0.4, 0.5) is 0 Å². The lowest BCUT2D eigenvalue weighted by molar-refractivity contribution is 0.296. The Balaban J connectivity index is 2.14. The van der Waals surface area contributed by atoms with E-state index in [1.165, 1.54) is 17.2 Å². The van der Waals surface area contributed by atoms with Gasteiger partial charge in [-0.3, -0.25) is 0 Å². The van der Waals surface area contributed by atoms with Crippen LogP contribution < -0.4 is 4.74 Å². The molecular formula is C17H21ClO. The van der Waals surface area contributed by atoms with Crippen molar-refractivity contribution in [1.29, 1.82) is 0 Å². The molecule has 0 aliphatic rings. The van der Waals surface area contributed by atoms with Gasteiger partial charge in [0.05, 0.1) is 12.5 Å². The quantitative estimate of drug-likeness (QED) is 0.507. The summed E-state index contributed by atoms with van der Waals surface area (Å²) in [4.78, 5) is 0. The van der Waals surface area contributed by atoms with Crippen LogP contribution in [-0.4, -0.2) is 6.61 Å². The summed E-state index contributed by atoms with van der Waals surface area (Å²) in [5.74, 6) is 2.14. The summed E-state index contributed by atoms with van der Waals surface area (Å²) in [5, 5.41) is 2.41. The Morgan fingerprint density at radius 2 is 1.89 bits per heavy atom. The van der Waals surface area contributed by atoms with E-state index in [4.69, 9.17) is 16.3 Å². The maximum Gasteiger partial charge on any atom is 0.124 e. The molecule has 0 heterocycles. The molecule has 0 aromatic heterocycles. The molecule has 102 valence electrons. The van der Waals surface area contributed by atoms with Crippen molar-refractivity contribution >= 4 is 22.4 Å². The molecule has 0 spiro atoms. The monoisotopic (exact) mass is 276 g/mol. The van der Waals surface area contributed by atoms with E-state index < -0.39 is 0 Å². The Kier molecular flexibility index (Phi) is 5.09. The maximum atomic E-state index is 6.09. The molecule has 2 rings (SSSR count). The lowest BCUT2D eigenvalue weighted by Crippen LogP contribution is -2.01. The molecule has 0 saturated heterocycles. The first-order valence-corrected chi connectivity index (χ1v) is 7.45. The summed E-state index contributed by atoms with van der Waals surface area (Å²) in [6, 6.07) is 12.4. The van der Waals surface area contributed by atoms with E-state index in [1.807, 2.05) is 18.2 Å². The Bertz CT molecular complexity index is 534. The summed E-state index contributed by atoms with van der Waals surface area (Å²) in [6.45, 7) is 5.24. The first kappa shape index (κ1) is 14.2. The van der Waals surface area contributed by atoms with E-state index in [9.17, 15) is 0 Å². The predicted octanol–water partition coefficient (Wildman–Crippen LogP) is 5.39. The molecule has 2 aromatic carbocycles. The molecule has 0 aliphatic carbocycles. The first-order chi connectivity index (χ1) is 9.22. The van der Waals surface area contributed by atoms with Crippen molar-refractivity contribution in [1.82, 2.24) is 0 Å². The zero-order chi connectivity index (χ0) is 13.7. The lowest BCUT2D eigenvalue weighted by atomic mass is 10.0. The van der Waals surface area contributed by atoms with Gasteiger partial charge in [0.2, 0.25) is 0 Å². The number of alkyl halides is 1. The Hall–Kier alpha value is -1.21. The zero-order valence-electron chi connectivity index (χ0n) is 11.7. The summed E-state index contributed by atoms with van der Waals surface area (Å²) in [5.41, 5.74) is 1.10. The minimum atomic E-state index is 0.487. The third-order valence-corrected chi connectivity index (χ3v) is 3.58. The van der Waals surface area contributed by atoms with Gasteiger partial charge in [0.15, 0.2) is 0 Å². The van der Waals surface area contributed by atoms with Gasteiger partial charge in [-0.2, -0.15) is 0 Å². The molecule has 19 heavy (non-hydrogen) atoms. The van der Waals surface area contributed by atoms with Gasteiger partial charge in [-0.25, -0.2) is 0 Å². The molecule has 0 N–H and O–H groups in total. The molecule has 0 fully saturated rings. The summed E-state index contributed by atoms with van der Waals surface area (Å²) in [6.07, 6.45) is 2.29. The van der Waals surface area contributed by atoms with E-state index in [0.29, 0.717) is 5.88 Å². The van der Waals surface area contributed by atoms with Gasteiger partial charge in [0.1, 0.15) is 5.75 Å². The fraction of sp³-hybridized carbons (Fsp3) is 0.412. The highest BCUT2D eigenvalue weighted by Gasteiger charge is 2.07. The highest BCUT2D eigenvalue weighted by molar-refractivity contribution is 6.18. The topological polar surface area (TPSA) is 9.23 Å². The van der Waals surface area contributed by atoms with Gasteiger partial charge in [0, 0.05) is 5.56 Å². The van der Waals surface area contributed by atoms with Gasteiger partial charge in [-0.1, -0.05) is 44.2 Å². The number of ether oxygens (including phenoxy) is 1. The average molecular weight is 277 g/mol. The van der Waals surface area contributed by atoms with E-state index in [-0.39, 0.29) is 0 Å². The average Bonchev–Trinajstić information content (AvgIpc) is 2.42. The van der Waals surface area contributed by atoms with Crippen LogP contribution in [0.5, 0.6) is 5.75 Å². The zero-order valence-corrected chi connectivity index (χ0v) is 12.4. The minimum Gasteiger partial charge on any atom is -0.493 e. The largest absolute Gasteiger partial charge is 0.493 e. The van der Waals surface area contributed by atoms with Crippen molar-refractivity contribution in [2.75, 3.05) is 6.61 Å². The smallest absolute Gasteiger partial charge is 0.124 e. The molecule has 0 aliphatic heterocycles. The molecule has 0 amide bonds. The number of hydrogen-bond donors (Lipinski definition) is 0. The van der Waals surface area contributed by atoms with Crippen LogP contribution in [0.25, 0.3) is 10.8 Å². The highest BCUT2D eigenvalue weighted by Crippen LogP contribution is 2.29. The SMILES string of the molecule is CC(C)CCCOc1ccc2ccccc2c1CCl. The van der Waals surface area contributed by atoms with Crippen LogP contribution in [0.1, 0.15) is 32.3 Å². The number of fused-ring (bicyclic) bond motifs is 1. The van der Waals surface area contributed by atoms with Crippen molar-refractivity contribution in [2.45, 2.75) is 32.6 Å². The third kappa shape index (κ3) is 3.63. The highest BCUT2D eigenvalue weighted by atomic mass is 35.5. The Morgan fingerprint density at radius 1 is 1.11 bits per heavy atom. The van der Waals surface area contributed by atoms with Gasteiger partial charge < -0.3 is 4.74 Å². The number of benzene rings is 2. The summed E-state index contributed by atoms with van der Waals surface area (Å²) in [7, 11) is 0. The van der Waals surface area contributed by atoms with Crippen LogP contribution >= 0.6 is 11.6 Å². The van der Waals surface area contributed by atoms with Gasteiger partial charge in [0.25, 0.3) is 0 Å². The van der Waals surface area contributed by atoms with Crippen molar-refractivity contribution in [2.24, 2.45) is 5.92 Å². The Morgan fingerprint density at radius 3 is 2.63 bits per heavy atom. The molecule has 1 nitrogen and oxygen atoms in total. The van der Waals surface area contributed by atoms with Crippen LogP contribution in [0.15, 0.2) is 36.4 Å². The van der Waals surface area contributed by atoms with Crippen molar-refractivity contribution in [3.63, 3.8) is 0 Å². The molecule has 0 saturated carbocycles. The second-order valence-electron chi connectivity index (χ2n) is 5.28. The van der Waals surface area contributed by atoms with Crippen LogP contribution in [0.2, 0.25) is 0 Å². The number of rotatable bonds is 6. The molecule has 0 atom stereocenters. The second-order valence-corrected chi connectivity index (χ2v) is 5.55. The Labute approximate surface area is 120 Å². The predicted molar refractivity (Wildman–Crippen MR) is 83.1 cm³/mol. The van der Waals surface area contributed by atoms with Crippen LogP contribution in [0, 0.1) is 5.92 Å². The molecular weight excluding hydrogens is 256 g/mol. The first-order valence-electron chi connectivity index (χ1n) is 6.91. The van der Waals surface area contributed by atoms with E-state index in [1.54, 1.807) is 0 Å². The van der Waals surface area contributed by atoms with Crippen molar-refractivity contribution < 1.29 is 4.74 Å². The van der Waals surface area contributed by atoms with Crippen LogP contribution in [-0.2, 0) is 5.88 Å². The van der Waals surface area contributed by atoms with Crippen LogP contribution in [0.3, 0.4) is 0 Å². The third-order valence-electron chi connectivity index (χ3n) is 3.31. The van der Waals surface area contributed by atoms with Gasteiger partial charge >= 0.3 is 0 Å². The second kappa shape index (κ2) is 6.81. The molecule has 2 heteroatoms. The van der Waals surface area contributed by atoms with Gasteiger partial charge in [-0.05, 0) is 35.6 Å². The fourth-order valence-corrected chi connectivity index (χ4v) is 2.54. The normalized spacial score (nSPS) is 11.2. The summed E-state index contributed by atoms with van der Waals surface area (Å²) >= 11 is 6.09.